The first-order valence-corrected chi connectivity index (χ1v) is 11.7. The highest BCUT2D eigenvalue weighted by Crippen LogP contribution is 2.35. The Kier molecular flexibility index (Phi) is 5.67. The van der Waals surface area contributed by atoms with E-state index in [9.17, 15) is 4.39 Å². The molecule has 5 aromatic heterocycles. The van der Waals surface area contributed by atoms with Crippen molar-refractivity contribution in [1.29, 1.82) is 0 Å². The zero-order chi connectivity index (χ0) is 25.5. The SMILES string of the molecule is CN(C)CC(N)c1cc(F)cc(-c2cncc3[nH]c(-c4[nH]nc5ncc(-c6cncnc6)cc45)cc23)c1. The van der Waals surface area contributed by atoms with Crippen molar-refractivity contribution >= 4 is 21.9 Å². The lowest BCUT2D eigenvalue weighted by atomic mass is 9.98. The Morgan fingerprint density at radius 2 is 1.73 bits per heavy atom. The largest absolute Gasteiger partial charge is 0.352 e. The van der Waals surface area contributed by atoms with Gasteiger partial charge < -0.3 is 15.6 Å². The van der Waals surface area contributed by atoms with Crippen LogP contribution in [0.4, 0.5) is 4.39 Å². The average molecular weight is 494 g/mol. The summed E-state index contributed by atoms with van der Waals surface area (Å²) < 4.78 is 14.7. The molecular formula is C27H24FN9. The predicted octanol–water partition coefficient (Wildman–Crippen LogP) is 4.33. The van der Waals surface area contributed by atoms with Crippen molar-refractivity contribution in [3.63, 3.8) is 0 Å². The number of nitrogens with one attached hydrogen (secondary N) is 2. The molecule has 0 aliphatic carbocycles. The smallest absolute Gasteiger partial charge is 0.181 e. The van der Waals surface area contributed by atoms with E-state index in [4.69, 9.17) is 5.73 Å². The van der Waals surface area contributed by atoms with E-state index in [-0.39, 0.29) is 11.9 Å². The van der Waals surface area contributed by atoms with E-state index in [1.165, 1.54) is 18.5 Å². The molecule has 9 nitrogen and oxygen atoms in total. The summed E-state index contributed by atoms with van der Waals surface area (Å²) in [6, 6.07) is 8.65. The van der Waals surface area contributed by atoms with Crippen molar-refractivity contribution < 1.29 is 4.39 Å². The maximum Gasteiger partial charge on any atom is 0.181 e. The lowest BCUT2D eigenvalue weighted by Crippen LogP contribution is -2.26. The Morgan fingerprint density at radius 1 is 0.892 bits per heavy atom. The van der Waals surface area contributed by atoms with E-state index in [2.05, 4.69) is 35.1 Å². The predicted molar refractivity (Wildman–Crippen MR) is 141 cm³/mol. The molecule has 5 heterocycles. The molecule has 10 heteroatoms. The normalized spacial score (nSPS) is 12.6. The number of benzene rings is 1. The summed E-state index contributed by atoms with van der Waals surface area (Å²) in [6.45, 7) is 0.609. The number of fused-ring (bicyclic) bond motifs is 2. The second-order valence-corrected chi connectivity index (χ2v) is 9.29. The van der Waals surface area contributed by atoms with Crippen molar-refractivity contribution in [2.45, 2.75) is 6.04 Å². The summed E-state index contributed by atoms with van der Waals surface area (Å²) in [4.78, 5) is 22.5. The van der Waals surface area contributed by atoms with Gasteiger partial charge in [0, 0.05) is 64.8 Å². The maximum absolute atomic E-state index is 14.7. The number of rotatable bonds is 6. The van der Waals surface area contributed by atoms with Gasteiger partial charge in [-0.25, -0.2) is 19.3 Å². The number of pyridine rings is 2. The molecule has 0 saturated carbocycles. The average Bonchev–Trinajstić information content (AvgIpc) is 3.52. The Labute approximate surface area is 211 Å². The van der Waals surface area contributed by atoms with Crippen LogP contribution in [0.3, 0.4) is 0 Å². The standard InChI is InChI=1S/C27H24FN9/c1-37(2)13-23(29)16-3-15(4-19(28)5-16)22-11-30-12-25-20(22)7-24(34-25)26-21-6-17(10-33-27(21)36-35-26)18-8-31-14-32-9-18/h3-12,14,23,34H,13,29H2,1-2H3,(H,33,35,36). The third-order valence-corrected chi connectivity index (χ3v) is 6.34. The third-order valence-electron chi connectivity index (χ3n) is 6.34. The van der Waals surface area contributed by atoms with Crippen molar-refractivity contribution in [2.75, 3.05) is 20.6 Å². The van der Waals surface area contributed by atoms with Crippen LogP contribution in [0.2, 0.25) is 0 Å². The van der Waals surface area contributed by atoms with Gasteiger partial charge in [-0.15, -0.1) is 0 Å². The number of aromatic nitrogens is 7. The molecule has 1 aromatic carbocycles. The monoisotopic (exact) mass is 493 g/mol. The van der Waals surface area contributed by atoms with Crippen LogP contribution in [0.5, 0.6) is 0 Å². The first-order chi connectivity index (χ1) is 18.0. The molecule has 37 heavy (non-hydrogen) atoms. The molecule has 0 amide bonds. The topological polar surface area (TPSA) is 125 Å². The van der Waals surface area contributed by atoms with Crippen molar-refractivity contribution in [3.05, 3.63) is 79.0 Å². The van der Waals surface area contributed by atoms with Crippen LogP contribution in [-0.4, -0.2) is 60.7 Å². The van der Waals surface area contributed by atoms with E-state index in [0.29, 0.717) is 12.2 Å². The summed E-state index contributed by atoms with van der Waals surface area (Å²) in [5.41, 5.74) is 13.4. The molecule has 1 unspecified atom stereocenters. The molecule has 0 saturated heterocycles. The van der Waals surface area contributed by atoms with Gasteiger partial charge in [-0.3, -0.25) is 10.1 Å². The van der Waals surface area contributed by atoms with E-state index in [1.54, 1.807) is 31.0 Å². The summed E-state index contributed by atoms with van der Waals surface area (Å²) in [5, 5.41) is 9.24. The van der Waals surface area contributed by atoms with Gasteiger partial charge in [0.1, 0.15) is 12.1 Å². The fourth-order valence-electron chi connectivity index (χ4n) is 4.61. The number of likely N-dealkylation sites (N-methyl/N-ethyl adjacent to an activating group) is 1. The lowest BCUT2D eigenvalue weighted by Gasteiger charge is -2.18. The Bertz CT molecular complexity index is 1720. The highest BCUT2D eigenvalue weighted by Gasteiger charge is 2.17. The fraction of sp³-hybridized carbons (Fsp3) is 0.148. The summed E-state index contributed by atoms with van der Waals surface area (Å²) in [6.07, 6.45) is 10.2. The molecule has 184 valence electrons. The minimum atomic E-state index is -0.336. The minimum absolute atomic E-state index is 0.313. The van der Waals surface area contributed by atoms with Gasteiger partial charge in [0.05, 0.1) is 23.1 Å². The van der Waals surface area contributed by atoms with Crippen molar-refractivity contribution in [3.8, 4) is 33.6 Å². The van der Waals surface area contributed by atoms with Crippen LogP contribution in [0.1, 0.15) is 11.6 Å². The first kappa shape index (κ1) is 22.9. The number of hydrogen-bond donors (Lipinski definition) is 3. The van der Waals surface area contributed by atoms with E-state index in [1.807, 2.05) is 37.2 Å². The van der Waals surface area contributed by atoms with Crippen LogP contribution in [0, 0.1) is 5.82 Å². The van der Waals surface area contributed by atoms with Crippen molar-refractivity contribution in [1.82, 2.24) is 40.0 Å². The molecule has 0 radical (unpaired) electrons. The van der Waals surface area contributed by atoms with E-state index < -0.39 is 0 Å². The summed E-state index contributed by atoms with van der Waals surface area (Å²) >= 11 is 0. The zero-order valence-electron chi connectivity index (χ0n) is 20.3. The van der Waals surface area contributed by atoms with E-state index >= 15 is 0 Å². The van der Waals surface area contributed by atoms with Crippen LogP contribution in [0.15, 0.2) is 67.6 Å². The second kappa shape index (κ2) is 9.16. The molecule has 0 aliphatic rings. The molecule has 0 spiro atoms. The second-order valence-electron chi connectivity index (χ2n) is 9.29. The van der Waals surface area contributed by atoms with Gasteiger partial charge in [-0.05, 0) is 55.6 Å². The van der Waals surface area contributed by atoms with Gasteiger partial charge in [0.15, 0.2) is 5.65 Å². The Morgan fingerprint density at radius 3 is 2.54 bits per heavy atom. The Hall–Kier alpha value is -4.54. The third kappa shape index (κ3) is 4.32. The van der Waals surface area contributed by atoms with Crippen LogP contribution in [-0.2, 0) is 0 Å². The summed E-state index contributed by atoms with van der Waals surface area (Å²) in [5.74, 6) is -0.336. The Balaban J connectivity index is 1.45. The van der Waals surface area contributed by atoms with Crippen LogP contribution >= 0.6 is 0 Å². The molecule has 4 N–H and O–H groups in total. The fourth-order valence-corrected chi connectivity index (χ4v) is 4.61. The van der Waals surface area contributed by atoms with Crippen molar-refractivity contribution in [2.24, 2.45) is 5.73 Å². The maximum atomic E-state index is 14.7. The molecule has 0 fully saturated rings. The van der Waals surface area contributed by atoms with Gasteiger partial charge >= 0.3 is 0 Å². The highest BCUT2D eigenvalue weighted by atomic mass is 19.1. The quantitative estimate of drug-likeness (QED) is 0.315. The summed E-state index contributed by atoms with van der Waals surface area (Å²) in [7, 11) is 3.88. The van der Waals surface area contributed by atoms with Gasteiger partial charge in [-0.2, -0.15) is 5.10 Å². The molecule has 1 atom stereocenters. The molecule has 6 aromatic rings. The molecular weight excluding hydrogens is 469 g/mol. The number of aromatic amines is 2. The highest BCUT2D eigenvalue weighted by molar-refractivity contribution is 6.00. The van der Waals surface area contributed by atoms with Crippen LogP contribution in [0.25, 0.3) is 55.6 Å². The zero-order valence-corrected chi connectivity index (χ0v) is 20.3. The minimum Gasteiger partial charge on any atom is -0.352 e. The molecule has 0 bridgehead atoms. The van der Waals surface area contributed by atoms with Gasteiger partial charge in [-0.1, -0.05) is 0 Å². The van der Waals surface area contributed by atoms with Gasteiger partial charge in [0.25, 0.3) is 0 Å². The molecule has 0 aliphatic heterocycles. The molecule has 6 rings (SSSR count). The first-order valence-electron chi connectivity index (χ1n) is 11.7. The number of nitrogens with two attached hydrogens (primary N) is 1. The number of H-pyrrole nitrogens is 2. The van der Waals surface area contributed by atoms with Crippen LogP contribution < -0.4 is 5.73 Å². The number of hydrogen-bond acceptors (Lipinski definition) is 7. The van der Waals surface area contributed by atoms with Gasteiger partial charge in [0.2, 0.25) is 0 Å². The lowest BCUT2D eigenvalue weighted by molar-refractivity contribution is 0.376. The number of nitrogens with zero attached hydrogens (tertiary/aromatic N) is 6. The number of halogens is 1. The van der Waals surface area contributed by atoms with E-state index in [0.717, 1.165) is 55.5 Å².